The van der Waals surface area contributed by atoms with Crippen LogP contribution in [0.3, 0.4) is 0 Å². The van der Waals surface area contributed by atoms with Gasteiger partial charge in [0.1, 0.15) is 22.3 Å². The zero-order chi connectivity index (χ0) is 37.9. The van der Waals surface area contributed by atoms with Crippen LogP contribution in [0.1, 0.15) is 0 Å². The first-order valence-corrected chi connectivity index (χ1v) is 19.9. The van der Waals surface area contributed by atoms with Gasteiger partial charge in [-0.1, -0.05) is 158 Å². The Morgan fingerprint density at radius 3 is 1.53 bits per heavy atom. The van der Waals surface area contributed by atoms with Crippen LogP contribution in [0, 0.1) is 0 Å². The molecule has 0 aliphatic heterocycles. The van der Waals surface area contributed by atoms with E-state index in [1.165, 1.54) is 70.9 Å². The summed E-state index contributed by atoms with van der Waals surface area (Å²) in [4.78, 5) is 0. The largest absolute Gasteiger partial charge is 0.456 e. The van der Waals surface area contributed by atoms with Crippen molar-refractivity contribution >= 4 is 97.7 Å². The van der Waals surface area contributed by atoms with E-state index < -0.39 is 0 Å². The van der Waals surface area contributed by atoms with Gasteiger partial charge in [-0.05, 0) is 118 Å². The van der Waals surface area contributed by atoms with E-state index in [0.29, 0.717) is 0 Å². The average molecular weight is 737 g/mol. The maximum Gasteiger partial charge on any atom is 0.143 e. The quantitative estimate of drug-likeness (QED) is 0.169. The lowest BCUT2D eigenvalue weighted by atomic mass is 9.83. The second kappa shape index (κ2) is 11.9. The van der Waals surface area contributed by atoms with Crippen molar-refractivity contribution in [3.63, 3.8) is 0 Å². The molecule has 0 aliphatic rings. The summed E-state index contributed by atoms with van der Waals surface area (Å²) in [6.07, 6.45) is 0. The SMILES string of the molecule is c1ccc2c(-c3c4ccccc4c(-c4ccc(-c5ccc6oc7c8cc9c(cc8ccc7c6c5)oc5ccccc59)c5ccccc45)c4ccccc34)cccc2c1. The normalized spacial score (nSPS) is 12.1. The summed E-state index contributed by atoms with van der Waals surface area (Å²) in [6.45, 7) is 0. The molecule has 0 N–H and O–H groups in total. The minimum Gasteiger partial charge on any atom is -0.456 e. The molecule has 2 heterocycles. The number of furan rings is 2. The smallest absolute Gasteiger partial charge is 0.143 e. The lowest BCUT2D eigenvalue weighted by molar-refractivity contribution is 0.669. The second-order valence-corrected chi connectivity index (χ2v) is 15.5. The minimum absolute atomic E-state index is 0.883. The molecule has 0 saturated carbocycles. The molecule has 2 heteroatoms. The van der Waals surface area contributed by atoms with Crippen molar-refractivity contribution in [1.29, 1.82) is 0 Å². The predicted molar refractivity (Wildman–Crippen MR) is 245 cm³/mol. The predicted octanol–water partition coefficient (Wildman–Crippen LogP) is 16.3. The highest BCUT2D eigenvalue weighted by Crippen LogP contribution is 2.48. The Morgan fingerprint density at radius 1 is 0.241 bits per heavy atom. The summed E-state index contributed by atoms with van der Waals surface area (Å²) in [7, 11) is 0. The van der Waals surface area contributed by atoms with E-state index in [4.69, 9.17) is 8.83 Å². The number of hydrogen-bond acceptors (Lipinski definition) is 2. The van der Waals surface area contributed by atoms with Gasteiger partial charge in [0.2, 0.25) is 0 Å². The lowest BCUT2D eigenvalue weighted by Gasteiger charge is -2.20. The molecule has 0 spiro atoms. The molecule has 268 valence electrons. The fourth-order valence-electron chi connectivity index (χ4n) is 9.87. The fraction of sp³-hybridized carbons (Fsp3) is 0. The van der Waals surface area contributed by atoms with E-state index in [1.54, 1.807) is 0 Å². The van der Waals surface area contributed by atoms with E-state index in [0.717, 1.165) is 60.2 Å². The third-order valence-corrected chi connectivity index (χ3v) is 12.4. The van der Waals surface area contributed by atoms with Gasteiger partial charge < -0.3 is 8.83 Å². The van der Waals surface area contributed by atoms with Crippen LogP contribution >= 0.6 is 0 Å². The van der Waals surface area contributed by atoms with Gasteiger partial charge in [-0.15, -0.1) is 0 Å². The van der Waals surface area contributed by atoms with Gasteiger partial charge in [-0.25, -0.2) is 0 Å². The molecular formula is C56H32O2. The maximum atomic E-state index is 6.67. The first-order chi connectivity index (χ1) is 28.8. The molecule has 11 aromatic carbocycles. The van der Waals surface area contributed by atoms with Crippen LogP contribution in [0.25, 0.3) is 131 Å². The molecule has 0 saturated heterocycles. The van der Waals surface area contributed by atoms with Gasteiger partial charge in [0.05, 0.1) is 0 Å². The van der Waals surface area contributed by atoms with E-state index in [-0.39, 0.29) is 0 Å². The third-order valence-electron chi connectivity index (χ3n) is 12.4. The zero-order valence-corrected chi connectivity index (χ0v) is 31.3. The molecule has 0 unspecified atom stereocenters. The molecule has 0 amide bonds. The summed E-state index contributed by atoms with van der Waals surface area (Å²) in [5.41, 5.74) is 11.0. The van der Waals surface area contributed by atoms with Gasteiger partial charge in [0.15, 0.2) is 0 Å². The number of para-hydroxylation sites is 1. The first kappa shape index (κ1) is 31.5. The van der Waals surface area contributed by atoms with Gasteiger partial charge in [-0.2, -0.15) is 0 Å². The third kappa shape index (κ3) is 4.43. The lowest BCUT2D eigenvalue weighted by Crippen LogP contribution is -1.93. The molecule has 13 aromatic rings. The molecule has 2 aromatic heterocycles. The van der Waals surface area contributed by atoms with Crippen molar-refractivity contribution in [3.8, 4) is 33.4 Å². The molecule has 0 aliphatic carbocycles. The Hall–Kier alpha value is -7.68. The Kier molecular flexibility index (Phi) is 6.47. The Morgan fingerprint density at radius 2 is 0.793 bits per heavy atom. The summed E-state index contributed by atoms with van der Waals surface area (Å²) in [6, 6.07) is 70.5. The van der Waals surface area contributed by atoms with Gasteiger partial charge in [0.25, 0.3) is 0 Å². The van der Waals surface area contributed by atoms with Crippen LogP contribution in [0.2, 0.25) is 0 Å². The fourth-order valence-corrected chi connectivity index (χ4v) is 9.87. The number of rotatable bonds is 3. The zero-order valence-electron chi connectivity index (χ0n) is 31.3. The van der Waals surface area contributed by atoms with Crippen LogP contribution in [-0.4, -0.2) is 0 Å². The molecule has 0 radical (unpaired) electrons. The van der Waals surface area contributed by atoms with E-state index in [1.807, 2.05) is 12.1 Å². The number of hydrogen-bond donors (Lipinski definition) is 0. The monoisotopic (exact) mass is 736 g/mol. The molecule has 0 atom stereocenters. The standard InChI is InChI=1S/C56H32O2/c1-2-14-36-33(12-1)13-11-22-41(36)54-42-18-5-7-20-44(42)55(45-21-8-6-19-43(45)54)46-28-27-37(38-15-3-4-16-39(38)46)34-25-29-52-49(30-34)47-26-24-35-31-53-50(32-48(35)56(47)58-52)40-17-9-10-23-51(40)57-53/h1-32H. The first-order valence-electron chi connectivity index (χ1n) is 19.9. The number of fused-ring (bicyclic) bond motifs is 12. The molecule has 0 bridgehead atoms. The summed E-state index contributed by atoms with van der Waals surface area (Å²) in [5.74, 6) is 0. The van der Waals surface area contributed by atoms with Gasteiger partial charge in [-0.3, -0.25) is 0 Å². The molecule has 13 rings (SSSR count). The van der Waals surface area contributed by atoms with Crippen molar-refractivity contribution in [3.05, 3.63) is 194 Å². The number of benzene rings is 11. The summed E-state index contributed by atoms with van der Waals surface area (Å²) < 4.78 is 12.9. The topological polar surface area (TPSA) is 26.3 Å². The summed E-state index contributed by atoms with van der Waals surface area (Å²) >= 11 is 0. The highest BCUT2D eigenvalue weighted by molar-refractivity contribution is 6.26. The van der Waals surface area contributed by atoms with Gasteiger partial charge in [0, 0.05) is 26.9 Å². The highest BCUT2D eigenvalue weighted by atomic mass is 16.3. The Bertz CT molecular complexity index is 3800. The molecule has 2 nitrogen and oxygen atoms in total. The highest BCUT2D eigenvalue weighted by Gasteiger charge is 2.21. The maximum absolute atomic E-state index is 6.67. The molecular weight excluding hydrogens is 705 g/mol. The van der Waals surface area contributed by atoms with Crippen LogP contribution in [0.5, 0.6) is 0 Å². The Balaban J connectivity index is 1.02. The average Bonchev–Trinajstić information content (AvgIpc) is 3.85. The summed E-state index contributed by atoms with van der Waals surface area (Å²) in [5, 5.41) is 16.6. The van der Waals surface area contributed by atoms with Crippen LogP contribution in [0.4, 0.5) is 0 Å². The van der Waals surface area contributed by atoms with Crippen LogP contribution in [0.15, 0.2) is 203 Å². The molecule has 58 heavy (non-hydrogen) atoms. The van der Waals surface area contributed by atoms with Gasteiger partial charge >= 0.3 is 0 Å². The van der Waals surface area contributed by atoms with Crippen molar-refractivity contribution in [2.24, 2.45) is 0 Å². The van der Waals surface area contributed by atoms with E-state index in [2.05, 4.69) is 182 Å². The van der Waals surface area contributed by atoms with E-state index >= 15 is 0 Å². The van der Waals surface area contributed by atoms with Crippen molar-refractivity contribution in [2.75, 3.05) is 0 Å². The Labute approximate surface area is 332 Å². The van der Waals surface area contributed by atoms with E-state index in [9.17, 15) is 0 Å². The molecule has 0 fully saturated rings. The van der Waals surface area contributed by atoms with Crippen molar-refractivity contribution in [1.82, 2.24) is 0 Å². The minimum atomic E-state index is 0.883. The second-order valence-electron chi connectivity index (χ2n) is 15.5. The van der Waals surface area contributed by atoms with Crippen LogP contribution in [-0.2, 0) is 0 Å². The van der Waals surface area contributed by atoms with Crippen LogP contribution < -0.4 is 0 Å². The van der Waals surface area contributed by atoms with Crippen molar-refractivity contribution < 1.29 is 8.83 Å². The van der Waals surface area contributed by atoms with Crippen molar-refractivity contribution in [2.45, 2.75) is 0 Å².